The van der Waals surface area contributed by atoms with Crippen molar-refractivity contribution in [2.24, 2.45) is 0 Å². The molecular formula is C16H17F3N4O2. The van der Waals surface area contributed by atoms with Crippen LogP contribution in [0.4, 0.5) is 19.0 Å². The molecule has 2 heterocycles. The van der Waals surface area contributed by atoms with Crippen molar-refractivity contribution in [2.45, 2.75) is 13.0 Å². The van der Waals surface area contributed by atoms with Crippen molar-refractivity contribution in [1.82, 2.24) is 15.3 Å². The summed E-state index contributed by atoms with van der Waals surface area (Å²) in [4.78, 5) is 10.6. The van der Waals surface area contributed by atoms with Crippen LogP contribution in [0.15, 0.2) is 36.7 Å². The second-order valence-electron chi connectivity index (χ2n) is 5.44. The van der Waals surface area contributed by atoms with Crippen molar-refractivity contribution in [3.8, 4) is 11.6 Å². The second kappa shape index (κ2) is 7.56. The number of nitrogens with zero attached hydrogens (tertiary/aromatic N) is 3. The van der Waals surface area contributed by atoms with E-state index in [0.717, 1.165) is 26.2 Å². The van der Waals surface area contributed by atoms with E-state index in [2.05, 4.69) is 24.9 Å². The lowest BCUT2D eigenvalue weighted by molar-refractivity contribution is -0.274. The van der Waals surface area contributed by atoms with Crippen molar-refractivity contribution >= 4 is 5.82 Å². The van der Waals surface area contributed by atoms with Crippen molar-refractivity contribution in [2.75, 3.05) is 31.1 Å². The Hall–Kier alpha value is -2.55. The standard InChI is InChI=1S/C16H17F3N4O2/c17-16(18,19)25-13-3-1-2-12(8-13)11-24-15-10-21-9-14(22-15)23-6-4-20-5-7-23/h1-3,8-10,20H,4-7,11H2. The zero-order valence-electron chi connectivity index (χ0n) is 13.3. The van der Waals surface area contributed by atoms with E-state index >= 15 is 0 Å². The molecule has 0 amide bonds. The van der Waals surface area contributed by atoms with E-state index in [9.17, 15) is 13.2 Å². The maximum Gasteiger partial charge on any atom is 0.573 e. The number of ether oxygens (including phenoxy) is 2. The van der Waals surface area contributed by atoms with E-state index in [4.69, 9.17) is 4.74 Å². The highest BCUT2D eigenvalue weighted by Crippen LogP contribution is 2.24. The molecule has 9 heteroatoms. The van der Waals surface area contributed by atoms with Gasteiger partial charge >= 0.3 is 6.36 Å². The van der Waals surface area contributed by atoms with Crippen molar-refractivity contribution < 1.29 is 22.6 Å². The number of nitrogens with one attached hydrogen (secondary N) is 1. The minimum absolute atomic E-state index is 0.0642. The van der Waals surface area contributed by atoms with Gasteiger partial charge in [-0.1, -0.05) is 12.1 Å². The van der Waals surface area contributed by atoms with Crippen LogP contribution in [0.3, 0.4) is 0 Å². The lowest BCUT2D eigenvalue weighted by Crippen LogP contribution is -2.43. The summed E-state index contributed by atoms with van der Waals surface area (Å²) >= 11 is 0. The molecular weight excluding hydrogens is 337 g/mol. The Labute approximate surface area is 142 Å². The Morgan fingerprint density at radius 2 is 1.96 bits per heavy atom. The van der Waals surface area contributed by atoms with Crippen molar-refractivity contribution in [3.63, 3.8) is 0 Å². The second-order valence-corrected chi connectivity index (χ2v) is 5.44. The molecule has 0 aliphatic carbocycles. The van der Waals surface area contributed by atoms with Crippen molar-refractivity contribution in [1.29, 1.82) is 0 Å². The Morgan fingerprint density at radius 1 is 1.16 bits per heavy atom. The van der Waals surface area contributed by atoms with E-state index in [0.29, 0.717) is 17.3 Å². The first-order chi connectivity index (χ1) is 12.0. The Balaban J connectivity index is 1.62. The summed E-state index contributed by atoms with van der Waals surface area (Å²) in [5.41, 5.74) is 0.538. The van der Waals surface area contributed by atoms with Gasteiger partial charge in [0.1, 0.15) is 12.4 Å². The Morgan fingerprint density at radius 3 is 2.72 bits per heavy atom. The monoisotopic (exact) mass is 354 g/mol. The number of hydrogen-bond donors (Lipinski definition) is 1. The Bertz CT molecular complexity index is 706. The summed E-state index contributed by atoms with van der Waals surface area (Å²) < 4.78 is 46.2. The molecule has 0 atom stereocenters. The topological polar surface area (TPSA) is 59.5 Å². The largest absolute Gasteiger partial charge is 0.573 e. The van der Waals surface area contributed by atoms with Crippen molar-refractivity contribution in [3.05, 3.63) is 42.2 Å². The minimum atomic E-state index is -4.72. The van der Waals surface area contributed by atoms with Gasteiger partial charge in [-0.25, -0.2) is 0 Å². The first kappa shape index (κ1) is 17.3. The summed E-state index contributed by atoms with van der Waals surface area (Å²) in [6.45, 7) is 3.47. The van der Waals surface area contributed by atoms with Gasteiger partial charge in [-0.15, -0.1) is 13.2 Å². The van der Waals surface area contributed by atoms with E-state index < -0.39 is 6.36 Å². The highest BCUT2D eigenvalue weighted by Gasteiger charge is 2.31. The molecule has 1 aromatic heterocycles. The van der Waals surface area contributed by atoms with Crippen LogP contribution in [0.1, 0.15) is 5.56 Å². The summed E-state index contributed by atoms with van der Waals surface area (Å²) in [6.07, 6.45) is -1.58. The third kappa shape index (κ3) is 5.21. The molecule has 0 spiro atoms. The molecule has 3 rings (SSSR count). The van der Waals surface area contributed by atoms with Crippen LogP contribution in [-0.2, 0) is 6.61 Å². The van der Waals surface area contributed by atoms with Gasteiger partial charge in [0.05, 0.1) is 12.4 Å². The van der Waals surface area contributed by atoms with Crippen LogP contribution in [-0.4, -0.2) is 42.5 Å². The van der Waals surface area contributed by atoms with Gasteiger partial charge < -0.3 is 19.7 Å². The SMILES string of the molecule is FC(F)(F)Oc1cccc(COc2cncc(N3CCNCC3)n2)c1. The molecule has 0 unspecified atom stereocenters. The number of halogens is 3. The molecule has 134 valence electrons. The molecule has 1 aromatic carbocycles. The van der Waals surface area contributed by atoms with E-state index in [1.165, 1.54) is 24.4 Å². The zero-order valence-corrected chi connectivity index (χ0v) is 13.3. The van der Waals surface area contributed by atoms with Crippen LogP contribution in [0, 0.1) is 0 Å². The lowest BCUT2D eigenvalue weighted by Gasteiger charge is -2.28. The molecule has 1 aliphatic heterocycles. The number of alkyl halides is 3. The van der Waals surface area contributed by atoms with E-state index in [1.54, 1.807) is 12.3 Å². The predicted octanol–water partition coefficient (Wildman–Crippen LogP) is 2.36. The highest BCUT2D eigenvalue weighted by molar-refractivity contribution is 5.38. The minimum Gasteiger partial charge on any atom is -0.472 e. The molecule has 0 radical (unpaired) electrons. The number of aromatic nitrogens is 2. The molecule has 1 N–H and O–H groups in total. The van der Waals surface area contributed by atoms with Gasteiger partial charge in [-0.2, -0.15) is 4.98 Å². The maximum atomic E-state index is 12.3. The predicted molar refractivity (Wildman–Crippen MR) is 84.6 cm³/mol. The normalized spacial score (nSPS) is 15.1. The summed E-state index contributed by atoms with van der Waals surface area (Å²) in [6, 6.07) is 5.64. The molecule has 0 bridgehead atoms. The van der Waals surface area contributed by atoms with Crippen LogP contribution < -0.4 is 19.7 Å². The molecule has 1 fully saturated rings. The van der Waals surface area contributed by atoms with Crippen LogP contribution in [0.5, 0.6) is 11.6 Å². The highest BCUT2D eigenvalue weighted by atomic mass is 19.4. The van der Waals surface area contributed by atoms with Gasteiger partial charge in [0, 0.05) is 26.2 Å². The van der Waals surface area contributed by atoms with Gasteiger partial charge in [0.2, 0.25) is 5.88 Å². The zero-order chi connectivity index (χ0) is 17.7. The fourth-order valence-corrected chi connectivity index (χ4v) is 2.44. The number of piperazine rings is 1. The van der Waals surface area contributed by atoms with Gasteiger partial charge in [0.25, 0.3) is 0 Å². The Kier molecular flexibility index (Phi) is 5.22. The number of hydrogen-bond acceptors (Lipinski definition) is 6. The molecule has 6 nitrogen and oxygen atoms in total. The third-order valence-electron chi connectivity index (χ3n) is 3.56. The molecule has 2 aromatic rings. The molecule has 1 saturated heterocycles. The van der Waals surface area contributed by atoms with E-state index in [1.807, 2.05) is 0 Å². The van der Waals surface area contributed by atoms with Gasteiger partial charge in [-0.3, -0.25) is 4.98 Å². The van der Waals surface area contributed by atoms with Crippen LogP contribution in [0.2, 0.25) is 0 Å². The average Bonchev–Trinajstić information content (AvgIpc) is 2.60. The summed E-state index contributed by atoms with van der Waals surface area (Å²) in [7, 11) is 0. The molecule has 0 saturated carbocycles. The fraction of sp³-hybridized carbons (Fsp3) is 0.375. The van der Waals surface area contributed by atoms with Crippen LogP contribution in [0.25, 0.3) is 0 Å². The first-order valence-electron chi connectivity index (χ1n) is 7.75. The number of anilines is 1. The summed E-state index contributed by atoms with van der Waals surface area (Å²) in [5, 5.41) is 3.25. The smallest absolute Gasteiger partial charge is 0.472 e. The van der Waals surface area contributed by atoms with Gasteiger partial charge in [0.15, 0.2) is 5.82 Å². The maximum absolute atomic E-state index is 12.3. The lowest BCUT2D eigenvalue weighted by atomic mass is 10.2. The molecule has 25 heavy (non-hydrogen) atoms. The average molecular weight is 354 g/mol. The first-order valence-corrected chi connectivity index (χ1v) is 7.75. The van der Waals surface area contributed by atoms with Gasteiger partial charge in [-0.05, 0) is 17.7 Å². The van der Waals surface area contributed by atoms with E-state index in [-0.39, 0.29) is 12.4 Å². The quantitative estimate of drug-likeness (QED) is 0.890. The number of benzene rings is 1. The van der Waals surface area contributed by atoms with Crippen LogP contribution >= 0.6 is 0 Å². The molecule has 1 aliphatic rings. The number of rotatable bonds is 5. The third-order valence-corrected chi connectivity index (χ3v) is 3.56. The summed E-state index contributed by atoms with van der Waals surface area (Å²) in [5.74, 6) is 0.751. The fourth-order valence-electron chi connectivity index (χ4n) is 2.44.